The topological polar surface area (TPSA) is 52.5 Å². The molecule has 3 rings (SSSR count). The predicted octanol–water partition coefficient (Wildman–Crippen LogP) is 1.74. The lowest BCUT2D eigenvalue weighted by Crippen LogP contribution is -2.37. The van der Waals surface area contributed by atoms with Gasteiger partial charge in [0, 0.05) is 12.1 Å². The third-order valence-corrected chi connectivity index (χ3v) is 4.09. The first kappa shape index (κ1) is 9.97. The molecule has 3 heteroatoms. The predicted molar refractivity (Wildman–Crippen MR) is 61.8 cm³/mol. The zero-order valence-electron chi connectivity index (χ0n) is 9.24. The molecule has 3 N–H and O–H groups in total. The summed E-state index contributed by atoms with van der Waals surface area (Å²) in [5.74, 6) is 1.38. The smallest absolute Gasteiger partial charge is 0.160 e. The van der Waals surface area contributed by atoms with E-state index in [1.54, 1.807) is 6.07 Å². The average Bonchev–Trinajstić information content (AvgIpc) is 2.33. The van der Waals surface area contributed by atoms with Crippen LogP contribution in [0, 0.1) is 5.92 Å². The van der Waals surface area contributed by atoms with E-state index in [2.05, 4.69) is 5.32 Å². The van der Waals surface area contributed by atoms with Gasteiger partial charge in [-0.15, -0.1) is 0 Å². The summed E-state index contributed by atoms with van der Waals surface area (Å²) in [4.78, 5) is 0. The minimum absolute atomic E-state index is 0.0148. The fourth-order valence-corrected chi connectivity index (χ4v) is 3.20. The normalized spacial score (nSPS) is 28.2. The van der Waals surface area contributed by atoms with E-state index in [1.165, 1.54) is 12.0 Å². The van der Waals surface area contributed by atoms with Gasteiger partial charge in [0.15, 0.2) is 11.5 Å². The first-order valence-electron chi connectivity index (χ1n) is 6.02. The van der Waals surface area contributed by atoms with Crippen LogP contribution in [0.4, 0.5) is 0 Å². The van der Waals surface area contributed by atoms with E-state index in [1.807, 2.05) is 6.07 Å². The second-order valence-corrected chi connectivity index (χ2v) is 4.90. The Labute approximate surface area is 95.1 Å². The van der Waals surface area contributed by atoms with Crippen molar-refractivity contribution < 1.29 is 10.2 Å². The number of rotatable bonds is 0. The third kappa shape index (κ3) is 1.39. The molecule has 0 unspecified atom stereocenters. The molecule has 1 saturated heterocycles. The van der Waals surface area contributed by atoms with Gasteiger partial charge >= 0.3 is 0 Å². The zero-order valence-corrected chi connectivity index (χ0v) is 9.24. The lowest BCUT2D eigenvalue weighted by Gasteiger charge is -2.37. The van der Waals surface area contributed by atoms with E-state index in [0.717, 1.165) is 37.4 Å². The molecular formula is C13H17NO2. The number of aromatic hydroxyl groups is 2. The molecule has 2 atom stereocenters. The first-order chi connectivity index (χ1) is 7.77. The number of nitrogens with one attached hydrogen (secondary N) is 1. The Bertz CT molecular complexity index is 417. The maximum atomic E-state index is 9.86. The lowest BCUT2D eigenvalue weighted by molar-refractivity contribution is 0.286. The molecule has 0 amide bonds. The van der Waals surface area contributed by atoms with Crippen molar-refractivity contribution in [3.05, 3.63) is 23.3 Å². The van der Waals surface area contributed by atoms with Crippen LogP contribution in [-0.2, 0) is 6.42 Å². The van der Waals surface area contributed by atoms with Gasteiger partial charge < -0.3 is 15.5 Å². The van der Waals surface area contributed by atoms with Crippen molar-refractivity contribution in [2.75, 3.05) is 13.1 Å². The summed E-state index contributed by atoms with van der Waals surface area (Å²) >= 11 is 0. The van der Waals surface area contributed by atoms with Gasteiger partial charge in [0.05, 0.1) is 0 Å². The van der Waals surface area contributed by atoms with E-state index < -0.39 is 0 Å². The molecular weight excluding hydrogens is 202 g/mol. The fraction of sp³-hybridized carbons (Fsp3) is 0.538. The van der Waals surface area contributed by atoms with Crippen LogP contribution in [0.5, 0.6) is 11.5 Å². The standard InChI is InChI=1S/C13H17NO2/c15-12-4-3-9-10(13(12)16)2-1-8-5-6-14-7-11(8)9/h3-4,8,11,14-16H,1-2,5-7H2/t8-,11-/m0/s1. The van der Waals surface area contributed by atoms with Crippen molar-refractivity contribution >= 4 is 0 Å². The van der Waals surface area contributed by atoms with Crippen LogP contribution in [0.1, 0.15) is 29.9 Å². The number of hydrogen-bond acceptors (Lipinski definition) is 3. The summed E-state index contributed by atoms with van der Waals surface area (Å²) in [6.07, 6.45) is 3.26. The van der Waals surface area contributed by atoms with Crippen LogP contribution in [0.15, 0.2) is 12.1 Å². The van der Waals surface area contributed by atoms with E-state index in [0.29, 0.717) is 5.92 Å². The van der Waals surface area contributed by atoms with Gasteiger partial charge in [-0.2, -0.15) is 0 Å². The summed E-state index contributed by atoms with van der Waals surface area (Å²) in [7, 11) is 0. The molecule has 0 radical (unpaired) electrons. The van der Waals surface area contributed by atoms with Crippen molar-refractivity contribution in [3.8, 4) is 11.5 Å². The summed E-state index contributed by atoms with van der Waals surface area (Å²) in [6, 6.07) is 3.60. The maximum Gasteiger partial charge on any atom is 0.160 e. The zero-order chi connectivity index (χ0) is 11.1. The fourth-order valence-electron chi connectivity index (χ4n) is 3.20. The number of piperidine rings is 1. The Hall–Kier alpha value is -1.22. The molecule has 2 aliphatic rings. The molecule has 0 saturated carbocycles. The summed E-state index contributed by atoms with van der Waals surface area (Å²) < 4.78 is 0. The van der Waals surface area contributed by atoms with Gasteiger partial charge in [0.2, 0.25) is 0 Å². The van der Waals surface area contributed by atoms with Crippen molar-refractivity contribution in [2.24, 2.45) is 5.92 Å². The second kappa shape index (κ2) is 3.67. The number of hydrogen-bond donors (Lipinski definition) is 3. The van der Waals surface area contributed by atoms with Gasteiger partial charge in [-0.25, -0.2) is 0 Å². The highest BCUT2D eigenvalue weighted by molar-refractivity contribution is 5.51. The number of benzene rings is 1. The van der Waals surface area contributed by atoms with E-state index in [-0.39, 0.29) is 11.5 Å². The molecule has 1 aliphatic carbocycles. The average molecular weight is 219 g/mol. The first-order valence-corrected chi connectivity index (χ1v) is 6.02. The summed E-state index contributed by atoms with van der Waals surface area (Å²) in [5, 5.41) is 22.8. The van der Waals surface area contributed by atoms with Crippen molar-refractivity contribution in [1.29, 1.82) is 0 Å². The molecule has 1 heterocycles. The molecule has 3 nitrogen and oxygen atoms in total. The van der Waals surface area contributed by atoms with Gasteiger partial charge in [-0.3, -0.25) is 0 Å². The Morgan fingerprint density at radius 3 is 2.94 bits per heavy atom. The van der Waals surface area contributed by atoms with Gasteiger partial charge in [-0.05, 0) is 49.3 Å². The Morgan fingerprint density at radius 1 is 1.19 bits per heavy atom. The molecule has 0 aromatic heterocycles. The maximum absolute atomic E-state index is 9.86. The van der Waals surface area contributed by atoms with Gasteiger partial charge in [0.25, 0.3) is 0 Å². The van der Waals surface area contributed by atoms with E-state index in [9.17, 15) is 10.2 Å². The number of phenolic OH excluding ortho intramolecular Hbond substituents is 2. The van der Waals surface area contributed by atoms with Crippen molar-refractivity contribution in [3.63, 3.8) is 0 Å². The highest BCUT2D eigenvalue weighted by Gasteiger charge is 2.33. The minimum Gasteiger partial charge on any atom is -0.504 e. The Morgan fingerprint density at radius 2 is 2.06 bits per heavy atom. The van der Waals surface area contributed by atoms with Gasteiger partial charge in [-0.1, -0.05) is 6.07 Å². The van der Waals surface area contributed by atoms with Crippen LogP contribution in [0.2, 0.25) is 0 Å². The van der Waals surface area contributed by atoms with Crippen molar-refractivity contribution in [2.45, 2.75) is 25.2 Å². The molecule has 1 aliphatic heterocycles. The van der Waals surface area contributed by atoms with E-state index >= 15 is 0 Å². The lowest BCUT2D eigenvalue weighted by atomic mass is 9.72. The molecule has 1 aromatic rings. The number of fused-ring (bicyclic) bond motifs is 3. The summed E-state index contributed by atoms with van der Waals surface area (Å²) in [6.45, 7) is 2.11. The highest BCUT2D eigenvalue weighted by atomic mass is 16.3. The Balaban J connectivity index is 2.05. The summed E-state index contributed by atoms with van der Waals surface area (Å²) in [5.41, 5.74) is 2.20. The largest absolute Gasteiger partial charge is 0.504 e. The van der Waals surface area contributed by atoms with Crippen LogP contribution in [0.25, 0.3) is 0 Å². The van der Waals surface area contributed by atoms with Crippen molar-refractivity contribution in [1.82, 2.24) is 5.32 Å². The van der Waals surface area contributed by atoms with Crippen LogP contribution >= 0.6 is 0 Å². The van der Waals surface area contributed by atoms with E-state index in [4.69, 9.17) is 0 Å². The molecule has 1 fully saturated rings. The third-order valence-electron chi connectivity index (χ3n) is 4.09. The quantitative estimate of drug-likeness (QED) is 0.582. The number of phenols is 2. The highest BCUT2D eigenvalue weighted by Crippen LogP contribution is 2.44. The SMILES string of the molecule is Oc1ccc2c(c1O)CC[C@H]1CCNC[C@H]21. The second-order valence-electron chi connectivity index (χ2n) is 4.90. The monoisotopic (exact) mass is 219 g/mol. The van der Waals surface area contributed by atoms with Crippen LogP contribution < -0.4 is 5.32 Å². The molecule has 0 spiro atoms. The Kier molecular flexibility index (Phi) is 2.28. The minimum atomic E-state index is 0.0148. The van der Waals surface area contributed by atoms with Gasteiger partial charge in [0.1, 0.15) is 0 Å². The van der Waals surface area contributed by atoms with Crippen LogP contribution in [-0.4, -0.2) is 23.3 Å². The molecule has 16 heavy (non-hydrogen) atoms. The molecule has 0 bridgehead atoms. The van der Waals surface area contributed by atoms with Crippen LogP contribution in [0.3, 0.4) is 0 Å². The molecule has 1 aromatic carbocycles. The molecule has 86 valence electrons.